The molecule has 0 atom stereocenters. The molecule has 3 nitrogen and oxygen atoms in total. The molecule has 58 valence electrons. The van der Waals surface area contributed by atoms with Crippen molar-refractivity contribution in [2.24, 2.45) is 0 Å². The second-order valence-electron chi connectivity index (χ2n) is 2.18. The van der Waals surface area contributed by atoms with Crippen LogP contribution in [-0.2, 0) is 0 Å². The van der Waals surface area contributed by atoms with Crippen molar-refractivity contribution in [3.8, 4) is 23.7 Å². The first kappa shape index (κ1) is 8.10. The molecular weight excluding hydrogens is 152 g/mol. The summed E-state index contributed by atoms with van der Waals surface area (Å²) in [4.78, 5) is 3.94. The zero-order valence-electron chi connectivity index (χ0n) is 6.50. The van der Waals surface area contributed by atoms with Gasteiger partial charge >= 0.3 is 0 Å². The van der Waals surface area contributed by atoms with Crippen molar-refractivity contribution >= 4 is 0 Å². The molecule has 0 amide bonds. The number of nitriles is 1. The summed E-state index contributed by atoms with van der Waals surface area (Å²) in [5.41, 5.74) is 1.01. The van der Waals surface area contributed by atoms with Gasteiger partial charge in [0.15, 0.2) is 11.8 Å². The van der Waals surface area contributed by atoms with Gasteiger partial charge in [-0.25, -0.2) is 4.98 Å². The second-order valence-corrected chi connectivity index (χ2v) is 2.18. The van der Waals surface area contributed by atoms with Gasteiger partial charge in [0.05, 0.1) is 0 Å². The Morgan fingerprint density at radius 1 is 1.50 bits per heavy atom. The highest BCUT2D eigenvalue weighted by Gasteiger charge is 1.97. The van der Waals surface area contributed by atoms with E-state index < -0.39 is 0 Å². The minimum atomic E-state index is 0.00310. The molecule has 0 saturated carbocycles. The van der Waals surface area contributed by atoms with Crippen molar-refractivity contribution < 1.29 is 5.11 Å². The highest BCUT2D eigenvalue weighted by Crippen LogP contribution is 2.12. The maximum Gasteiger partial charge on any atom is 0.156 e. The maximum absolute atomic E-state index is 9.19. The standard InChI is InChI=1S/C9H6N2O/c1-7-4-5-9(12)8(11-7)3-2-6-10/h4-5,12H,1H3. The van der Waals surface area contributed by atoms with E-state index in [-0.39, 0.29) is 11.4 Å². The Bertz CT molecular complexity index is 393. The predicted octanol–water partition coefficient (Wildman–Crippen LogP) is 0.971. The third kappa shape index (κ3) is 1.74. The smallest absolute Gasteiger partial charge is 0.156 e. The minimum Gasteiger partial charge on any atom is -0.505 e. The molecule has 0 spiro atoms. The van der Waals surface area contributed by atoms with Gasteiger partial charge in [-0.3, -0.25) is 0 Å². The fraction of sp³-hybridized carbons (Fsp3) is 0.111. The van der Waals surface area contributed by atoms with Gasteiger partial charge in [-0.15, -0.1) is 0 Å². The SMILES string of the molecule is Cc1ccc(O)c(C#CC#N)n1. The average Bonchev–Trinajstić information content (AvgIpc) is 2.07. The van der Waals surface area contributed by atoms with Gasteiger partial charge < -0.3 is 5.11 Å². The molecule has 1 rings (SSSR count). The summed E-state index contributed by atoms with van der Waals surface area (Å²) in [6, 6.07) is 4.83. The fourth-order valence-corrected chi connectivity index (χ4v) is 0.729. The van der Waals surface area contributed by atoms with Gasteiger partial charge in [-0.2, -0.15) is 5.26 Å². The first-order valence-corrected chi connectivity index (χ1v) is 3.31. The van der Waals surface area contributed by atoms with E-state index in [0.717, 1.165) is 5.69 Å². The maximum atomic E-state index is 9.19. The Balaban J connectivity index is 3.16. The summed E-state index contributed by atoms with van der Waals surface area (Å²) < 4.78 is 0. The van der Waals surface area contributed by atoms with Crippen molar-refractivity contribution in [1.82, 2.24) is 4.98 Å². The Kier molecular flexibility index (Phi) is 2.30. The van der Waals surface area contributed by atoms with Crippen molar-refractivity contribution in [1.29, 1.82) is 5.26 Å². The van der Waals surface area contributed by atoms with Gasteiger partial charge in [-0.05, 0) is 25.0 Å². The largest absolute Gasteiger partial charge is 0.505 e. The van der Waals surface area contributed by atoms with Crippen LogP contribution in [0.1, 0.15) is 11.4 Å². The molecule has 0 aliphatic rings. The molecule has 0 bridgehead atoms. The van der Waals surface area contributed by atoms with Gasteiger partial charge in [0.1, 0.15) is 5.75 Å². The summed E-state index contributed by atoms with van der Waals surface area (Å²) in [5, 5.41) is 17.3. The third-order valence-electron chi connectivity index (χ3n) is 1.25. The molecule has 0 fully saturated rings. The Morgan fingerprint density at radius 3 is 2.92 bits per heavy atom. The number of hydrogen-bond donors (Lipinski definition) is 1. The molecule has 0 saturated heterocycles. The molecule has 1 aromatic rings. The van der Waals surface area contributed by atoms with E-state index in [1.807, 2.05) is 0 Å². The van der Waals surface area contributed by atoms with Crippen LogP contribution in [0, 0.1) is 30.1 Å². The number of aryl methyl sites for hydroxylation is 1. The third-order valence-corrected chi connectivity index (χ3v) is 1.25. The average molecular weight is 158 g/mol. The summed E-state index contributed by atoms with van der Waals surface area (Å²) >= 11 is 0. The molecule has 0 radical (unpaired) electrons. The molecule has 12 heavy (non-hydrogen) atoms. The fourth-order valence-electron chi connectivity index (χ4n) is 0.729. The van der Waals surface area contributed by atoms with Crippen molar-refractivity contribution in [3.63, 3.8) is 0 Å². The van der Waals surface area contributed by atoms with Crippen molar-refractivity contribution in [2.75, 3.05) is 0 Å². The lowest BCUT2D eigenvalue weighted by atomic mass is 10.3. The van der Waals surface area contributed by atoms with Gasteiger partial charge in [-0.1, -0.05) is 0 Å². The Morgan fingerprint density at radius 2 is 2.25 bits per heavy atom. The highest BCUT2D eigenvalue weighted by molar-refractivity contribution is 5.42. The van der Waals surface area contributed by atoms with E-state index >= 15 is 0 Å². The number of aromatic nitrogens is 1. The first-order chi connectivity index (χ1) is 5.74. The number of nitrogens with zero attached hydrogens (tertiary/aromatic N) is 2. The van der Waals surface area contributed by atoms with Crippen LogP contribution in [0.2, 0.25) is 0 Å². The molecule has 0 aliphatic carbocycles. The van der Waals surface area contributed by atoms with Crippen molar-refractivity contribution in [3.05, 3.63) is 23.5 Å². The monoisotopic (exact) mass is 158 g/mol. The molecule has 0 aromatic carbocycles. The van der Waals surface area contributed by atoms with E-state index in [4.69, 9.17) is 5.26 Å². The van der Waals surface area contributed by atoms with Gasteiger partial charge in [0, 0.05) is 11.6 Å². The van der Waals surface area contributed by atoms with Crippen LogP contribution in [0.4, 0.5) is 0 Å². The number of hydrogen-bond acceptors (Lipinski definition) is 3. The van der Waals surface area contributed by atoms with Crippen molar-refractivity contribution in [2.45, 2.75) is 6.92 Å². The quantitative estimate of drug-likeness (QED) is 0.572. The second kappa shape index (κ2) is 3.41. The number of rotatable bonds is 0. The first-order valence-electron chi connectivity index (χ1n) is 3.31. The summed E-state index contributed by atoms with van der Waals surface area (Å²) in [5.74, 6) is 4.60. The van der Waals surface area contributed by atoms with E-state index in [2.05, 4.69) is 16.8 Å². The molecule has 3 heteroatoms. The van der Waals surface area contributed by atoms with Crippen LogP contribution >= 0.6 is 0 Å². The van der Waals surface area contributed by atoms with Crippen LogP contribution in [0.15, 0.2) is 12.1 Å². The lowest BCUT2D eigenvalue weighted by Gasteiger charge is -1.95. The van der Waals surface area contributed by atoms with Crippen LogP contribution < -0.4 is 0 Å². The van der Waals surface area contributed by atoms with Gasteiger partial charge in [0.25, 0.3) is 0 Å². The molecule has 0 unspecified atom stereocenters. The summed E-state index contributed by atoms with van der Waals surface area (Å²) in [6.07, 6.45) is 0. The van der Waals surface area contributed by atoms with Crippen LogP contribution in [0.25, 0.3) is 0 Å². The normalized spacial score (nSPS) is 8.00. The lowest BCUT2D eigenvalue weighted by Crippen LogP contribution is -1.86. The molecular formula is C9H6N2O. The van der Waals surface area contributed by atoms with Crippen LogP contribution in [0.3, 0.4) is 0 Å². The molecule has 1 heterocycles. The number of pyridine rings is 1. The minimum absolute atomic E-state index is 0.00310. The van der Waals surface area contributed by atoms with Crippen LogP contribution in [0.5, 0.6) is 5.75 Å². The van der Waals surface area contributed by atoms with Gasteiger partial charge in [0.2, 0.25) is 0 Å². The Hall–Kier alpha value is -2.00. The zero-order chi connectivity index (χ0) is 8.97. The van der Waals surface area contributed by atoms with E-state index in [9.17, 15) is 5.11 Å². The Labute approximate surface area is 70.3 Å². The van der Waals surface area contributed by atoms with Crippen LogP contribution in [-0.4, -0.2) is 10.1 Å². The molecule has 1 N–H and O–H groups in total. The molecule has 0 aliphatic heterocycles. The predicted molar refractivity (Wildman–Crippen MR) is 43.1 cm³/mol. The van der Waals surface area contributed by atoms with E-state index in [1.165, 1.54) is 6.07 Å². The molecule has 1 aromatic heterocycles. The van der Waals surface area contributed by atoms with E-state index in [1.54, 1.807) is 19.1 Å². The highest BCUT2D eigenvalue weighted by atomic mass is 16.3. The summed E-state index contributed by atoms with van der Waals surface area (Å²) in [6.45, 7) is 1.79. The lowest BCUT2D eigenvalue weighted by molar-refractivity contribution is 0.470. The zero-order valence-corrected chi connectivity index (χ0v) is 6.50. The topological polar surface area (TPSA) is 56.9 Å². The van der Waals surface area contributed by atoms with E-state index in [0.29, 0.717) is 0 Å². The summed E-state index contributed by atoms with van der Waals surface area (Å²) in [7, 11) is 0. The number of aromatic hydroxyl groups is 1.